The molecule has 79 heavy (non-hydrogen) atoms. The van der Waals surface area contributed by atoms with E-state index in [-0.39, 0.29) is 23.1 Å². The Morgan fingerprint density at radius 1 is 0.494 bits per heavy atom. The van der Waals surface area contributed by atoms with Gasteiger partial charge >= 0.3 is 6.85 Å². The van der Waals surface area contributed by atoms with E-state index >= 15 is 0 Å². The Morgan fingerprint density at radius 3 is 1.81 bits per heavy atom. The van der Waals surface area contributed by atoms with Crippen LogP contribution >= 0.6 is 0 Å². The van der Waals surface area contributed by atoms with Crippen molar-refractivity contribution in [2.24, 2.45) is 35.5 Å². The molecule has 8 unspecified atom stereocenters. The lowest BCUT2D eigenvalue weighted by molar-refractivity contribution is 0.139. The Hall–Kier alpha value is -6.52. The number of anilines is 6. The van der Waals surface area contributed by atoms with Crippen LogP contribution in [0.1, 0.15) is 145 Å². The van der Waals surface area contributed by atoms with Gasteiger partial charge in [0.1, 0.15) is 0 Å². The topological polar surface area (TPSA) is 11.4 Å². The van der Waals surface area contributed by atoms with Gasteiger partial charge in [0, 0.05) is 61.2 Å². The first kappa shape index (κ1) is 46.3. The molecule has 3 heterocycles. The lowest BCUT2D eigenvalue weighted by Crippen LogP contribution is -2.57. The van der Waals surface area contributed by atoms with E-state index in [1.807, 2.05) is 0 Å². The molecule has 0 amide bonds. The summed E-state index contributed by atoms with van der Waals surface area (Å²) in [5, 5.41) is 5.61. The van der Waals surface area contributed by atoms with Gasteiger partial charge in [0.25, 0.3) is 0 Å². The molecule has 8 aromatic carbocycles. The third kappa shape index (κ3) is 6.33. The largest absolute Gasteiger partial charge is 0.375 e. The number of hydrogen-bond acceptors (Lipinski definition) is 2. The maximum Gasteiger partial charge on any atom is 0.333 e. The van der Waals surface area contributed by atoms with Gasteiger partial charge in [0.15, 0.2) is 0 Å². The summed E-state index contributed by atoms with van der Waals surface area (Å²) in [5.41, 5.74) is 24.4. The molecule has 6 bridgehead atoms. The van der Waals surface area contributed by atoms with E-state index in [4.69, 9.17) is 0 Å². The molecule has 7 aliphatic carbocycles. The average Bonchev–Trinajstić information content (AvgIpc) is 2.92. The smallest absolute Gasteiger partial charge is 0.333 e. The maximum absolute atomic E-state index is 2.90. The number of para-hydroxylation sites is 2. The van der Waals surface area contributed by atoms with E-state index in [9.17, 15) is 0 Å². The molecular weight excluding hydrogens is 954 g/mol. The molecule has 18 rings (SSSR count). The Labute approximate surface area is 468 Å². The molecule has 3 nitrogen and oxygen atoms in total. The van der Waals surface area contributed by atoms with Crippen LogP contribution < -0.4 is 20.7 Å². The van der Waals surface area contributed by atoms with Crippen LogP contribution in [-0.2, 0) is 21.7 Å². The number of rotatable bonds is 6. The summed E-state index contributed by atoms with van der Waals surface area (Å²) in [5.74, 6) is 5.47. The average molecular weight is 1030 g/mol. The van der Waals surface area contributed by atoms with Crippen LogP contribution in [0.15, 0.2) is 152 Å². The molecule has 2 aliphatic heterocycles. The van der Waals surface area contributed by atoms with Crippen molar-refractivity contribution in [3.8, 4) is 11.1 Å². The molecule has 392 valence electrons. The maximum atomic E-state index is 2.90. The minimum atomic E-state index is -0.0347. The summed E-state index contributed by atoms with van der Waals surface area (Å²) in [7, 11) is 0. The lowest BCUT2D eigenvalue weighted by Gasteiger charge is -2.46. The number of hydrogen-bond donors (Lipinski definition) is 0. The van der Waals surface area contributed by atoms with Crippen LogP contribution in [0, 0.1) is 42.4 Å². The van der Waals surface area contributed by atoms with E-state index in [1.165, 1.54) is 195 Å². The molecule has 0 spiro atoms. The highest BCUT2D eigenvalue weighted by Gasteiger charge is 2.55. The fraction of sp³-hybridized carbons (Fsp3) is 0.387. The van der Waals surface area contributed by atoms with Gasteiger partial charge in [-0.1, -0.05) is 113 Å². The number of aryl methyl sites for hydroxylation is 1. The fourth-order valence-electron chi connectivity index (χ4n) is 20.4. The minimum Gasteiger partial charge on any atom is -0.375 e. The van der Waals surface area contributed by atoms with Crippen LogP contribution in [0.25, 0.3) is 43.7 Å². The predicted molar refractivity (Wildman–Crippen MR) is 332 cm³/mol. The van der Waals surface area contributed by atoms with Gasteiger partial charge in [-0.25, -0.2) is 0 Å². The molecule has 0 radical (unpaired) electrons. The molecule has 8 atom stereocenters. The summed E-state index contributed by atoms with van der Waals surface area (Å²) in [6, 6.07) is 61.0. The first-order valence-electron chi connectivity index (χ1n) is 31.1. The van der Waals surface area contributed by atoms with Crippen molar-refractivity contribution >= 4 is 84.5 Å². The van der Waals surface area contributed by atoms with Crippen LogP contribution in [0.3, 0.4) is 0 Å². The Bertz CT molecular complexity index is 4040. The summed E-state index contributed by atoms with van der Waals surface area (Å²) >= 11 is 0. The normalized spacial score (nSPS) is 28.6. The predicted octanol–water partition coefficient (Wildman–Crippen LogP) is 18.4. The number of benzene rings is 8. The second-order valence-electron chi connectivity index (χ2n) is 29.0. The highest BCUT2D eigenvalue weighted by molar-refractivity contribution is 6.90. The minimum absolute atomic E-state index is 0.0347. The van der Waals surface area contributed by atoms with Gasteiger partial charge in [-0.3, -0.25) is 0 Å². The highest BCUT2D eigenvalue weighted by Crippen LogP contribution is 2.64. The van der Waals surface area contributed by atoms with Crippen LogP contribution in [0.5, 0.6) is 0 Å². The molecular formula is C75H74BN3. The summed E-state index contributed by atoms with van der Waals surface area (Å²) in [6.07, 6.45) is 19.3. The summed E-state index contributed by atoms with van der Waals surface area (Å²) in [6.45, 7) is 12.4. The van der Waals surface area contributed by atoms with E-state index in [0.29, 0.717) is 5.41 Å². The van der Waals surface area contributed by atoms with Crippen molar-refractivity contribution in [1.82, 2.24) is 4.48 Å². The zero-order valence-electron chi connectivity index (χ0n) is 47.2. The van der Waals surface area contributed by atoms with Gasteiger partial charge in [-0.05, 0) is 270 Å². The van der Waals surface area contributed by atoms with Gasteiger partial charge < -0.3 is 14.3 Å². The first-order valence-corrected chi connectivity index (χ1v) is 31.1. The highest BCUT2D eigenvalue weighted by atomic mass is 15.2. The van der Waals surface area contributed by atoms with Crippen molar-refractivity contribution in [3.63, 3.8) is 0 Å². The van der Waals surface area contributed by atoms with Crippen molar-refractivity contribution in [1.29, 1.82) is 0 Å². The molecule has 4 heteroatoms. The second kappa shape index (κ2) is 15.9. The van der Waals surface area contributed by atoms with Gasteiger partial charge in [0.2, 0.25) is 0 Å². The Morgan fingerprint density at radius 2 is 1.11 bits per heavy atom. The van der Waals surface area contributed by atoms with Crippen molar-refractivity contribution in [2.75, 3.05) is 9.80 Å². The standard InChI is InChI=1S/C75H74BN3/c1-45-30-63-64(73(4,5)29-28-72(63,2)3)40-67(45)78-68-39-57(77(55-15-8-6-9-16-55)56-17-10-7-11-18-56)38-60-62-37-54(75-27-25-50-32-47(42-75)34-52(50)44-75)36-61-59-35-53(74-26-24-49-31-46(41-74)33-51(49)43-74)21-23-66(59)79(70(61)62)76(69(60)68)65-22-20-48-14-12-13-19-58(48)71(65)78/h6-23,30,35-40,46-47,49-52H,24-29,31-34,41-44H2,1-5H3. The Kier molecular flexibility index (Phi) is 9.31. The second-order valence-corrected chi connectivity index (χ2v) is 29.0. The first-order chi connectivity index (χ1) is 38.4. The third-order valence-corrected chi connectivity index (χ3v) is 24.0. The van der Waals surface area contributed by atoms with Crippen LogP contribution in [0.2, 0.25) is 0 Å². The van der Waals surface area contributed by atoms with E-state index in [2.05, 4.69) is 201 Å². The SMILES string of the molecule is Cc1cc2c(cc1N1c3cc(N(c4ccccc4)c4ccccc4)cc4c3B(c3ccc5ccccc5c31)n1c3ccc(C56CCC7CC(CC7C5)C6)cc3c3cc(C56CCC7CC(CC7C5)C6)cc-4c31)C(C)(C)CCC2(C)C. The van der Waals surface area contributed by atoms with Crippen molar-refractivity contribution in [2.45, 2.75) is 146 Å². The molecule has 6 fully saturated rings. The number of aromatic nitrogens is 1. The molecule has 0 saturated heterocycles. The van der Waals surface area contributed by atoms with Crippen LogP contribution in [0.4, 0.5) is 34.1 Å². The number of nitrogens with zero attached hydrogens (tertiary/aromatic N) is 3. The lowest BCUT2D eigenvalue weighted by atomic mass is 9.44. The van der Waals surface area contributed by atoms with E-state index in [0.717, 1.165) is 35.5 Å². The summed E-state index contributed by atoms with van der Waals surface area (Å²) < 4.78 is 2.90. The number of fused-ring (bicyclic) bond motifs is 14. The monoisotopic (exact) mass is 1030 g/mol. The quantitative estimate of drug-likeness (QED) is 0.154. The Balaban J connectivity index is 0.982. The van der Waals surface area contributed by atoms with Gasteiger partial charge in [-0.15, -0.1) is 0 Å². The van der Waals surface area contributed by atoms with E-state index in [1.54, 1.807) is 11.1 Å². The van der Waals surface area contributed by atoms with Gasteiger partial charge in [-0.2, -0.15) is 0 Å². The zero-order valence-corrected chi connectivity index (χ0v) is 47.2. The zero-order chi connectivity index (χ0) is 52.5. The molecule has 9 aromatic rings. The van der Waals surface area contributed by atoms with Crippen molar-refractivity contribution < 1.29 is 0 Å². The van der Waals surface area contributed by atoms with Crippen LogP contribution in [-0.4, -0.2) is 11.3 Å². The van der Waals surface area contributed by atoms with Gasteiger partial charge in [0.05, 0.1) is 5.69 Å². The molecule has 9 aliphatic rings. The fourth-order valence-corrected chi connectivity index (χ4v) is 20.4. The van der Waals surface area contributed by atoms with Crippen molar-refractivity contribution in [3.05, 3.63) is 179 Å². The molecule has 6 saturated carbocycles. The molecule has 1 aromatic heterocycles. The van der Waals surface area contributed by atoms with E-state index < -0.39 is 0 Å². The third-order valence-electron chi connectivity index (χ3n) is 24.0. The summed E-state index contributed by atoms with van der Waals surface area (Å²) in [4.78, 5) is 5.34. The molecule has 0 N–H and O–H groups in total.